The molecule has 4 rings (SSSR count). The van der Waals surface area contributed by atoms with Crippen LogP contribution in [0.2, 0.25) is 5.02 Å². The summed E-state index contributed by atoms with van der Waals surface area (Å²) < 4.78 is 27.6. The van der Waals surface area contributed by atoms with Gasteiger partial charge in [-0.05, 0) is 61.3 Å². The second-order valence-corrected chi connectivity index (χ2v) is 10.6. The number of hydrogen-bond donors (Lipinski definition) is 0. The fourth-order valence-corrected chi connectivity index (χ4v) is 7.36. The van der Waals surface area contributed by atoms with Crippen LogP contribution < -0.4 is 0 Å². The van der Waals surface area contributed by atoms with Gasteiger partial charge < -0.3 is 0 Å². The van der Waals surface area contributed by atoms with E-state index < -0.39 is 10.0 Å². The van der Waals surface area contributed by atoms with Crippen molar-refractivity contribution >= 4 is 33.2 Å². The van der Waals surface area contributed by atoms with E-state index in [9.17, 15) is 8.42 Å². The number of sulfonamides is 1. The molecule has 0 aromatic heterocycles. The molecular weight excluding hydrogens is 391 g/mol. The van der Waals surface area contributed by atoms with Gasteiger partial charge in [-0.25, -0.2) is 8.42 Å². The molecule has 0 spiro atoms. The maximum Gasteiger partial charge on any atom is 0.214 e. The van der Waals surface area contributed by atoms with E-state index in [1.54, 1.807) is 0 Å². The Bertz CT molecular complexity index is 771. The van der Waals surface area contributed by atoms with Gasteiger partial charge in [-0.15, -0.1) is 11.6 Å². The van der Waals surface area contributed by atoms with Crippen molar-refractivity contribution in [2.75, 3.05) is 31.3 Å². The Morgan fingerprint density at radius 3 is 2.88 bits per heavy atom. The van der Waals surface area contributed by atoms with E-state index in [-0.39, 0.29) is 17.8 Å². The van der Waals surface area contributed by atoms with Crippen molar-refractivity contribution in [3.63, 3.8) is 0 Å². The number of nitrogens with zero attached hydrogens (tertiary/aromatic N) is 2. The maximum atomic E-state index is 12.9. The average molecular weight is 417 g/mol. The Hall–Kier alpha value is -0.330. The number of piperidine rings is 2. The van der Waals surface area contributed by atoms with Gasteiger partial charge >= 0.3 is 0 Å². The Kier molecular flexibility index (Phi) is 5.55. The number of fused-ring (bicyclic) bond motifs is 4. The van der Waals surface area contributed by atoms with Crippen LogP contribution in [-0.2, 0) is 16.4 Å². The zero-order valence-electron chi connectivity index (χ0n) is 14.9. The van der Waals surface area contributed by atoms with Gasteiger partial charge in [0.15, 0.2) is 0 Å². The lowest BCUT2D eigenvalue weighted by atomic mass is 9.77. The quantitative estimate of drug-likeness (QED) is 0.702. The lowest BCUT2D eigenvalue weighted by molar-refractivity contribution is 0.0220. The minimum Gasteiger partial charge on any atom is -0.296 e. The van der Waals surface area contributed by atoms with E-state index in [1.165, 1.54) is 11.1 Å². The summed E-state index contributed by atoms with van der Waals surface area (Å²) >= 11 is 12.0. The van der Waals surface area contributed by atoms with Gasteiger partial charge in [0.2, 0.25) is 10.0 Å². The standard InChI is InChI=1S/C19H26Cl2N2O2S/c20-7-2-10-26(24,25)23-8-1-3-15-13-22-9-6-14-4-5-16(21)11-17(14)19(22)12-18(15)23/h4-5,11,15,18-19H,1-3,6-10,12-13H2/t15-,18+,19+/m1/s1. The number of alkyl halides is 1. The topological polar surface area (TPSA) is 40.6 Å². The Morgan fingerprint density at radius 2 is 2.08 bits per heavy atom. The minimum absolute atomic E-state index is 0.107. The summed E-state index contributed by atoms with van der Waals surface area (Å²) in [6.45, 7) is 2.70. The first kappa shape index (κ1) is 19.0. The number of benzene rings is 1. The molecule has 1 aromatic carbocycles. The molecule has 2 fully saturated rings. The third-order valence-electron chi connectivity index (χ3n) is 6.27. The van der Waals surface area contributed by atoms with Crippen molar-refractivity contribution in [2.45, 2.75) is 44.2 Å². The van der Waals surface area contributed by atoms with Crippen molar-refractivity contribution in [2.24, 2.45) is 5.92 Å². The van der Waals surface area contributed by atoms with Gasteiger partial charge in [0.25, 0.3) is 0 Å². The van der Waals surface area contributed by atoms with Crippen molar-refractivity contribution < 1.29 is 8.42 Å². The van der Waals surface area contributed by atoms with E-state index in [0.29, 0.717) is 24.8 Å². The molecule has 7 heteroatoms. The van der Waals surface area contributed by atoms with E-state index >= 15 is 0 Å². The first-order chi connectivity index (χ1) is 12.5. The molecule has 4 nitrogen and oxygen atoms in total. The maximum absolute atomic E-state index is 12.9. The summed E-state index contributed by atoms with van der Waals surface area (Å²) in [6, 6.07) is 6.57. The molecule has 3 aliphatic rings. The molecule has 1 aromatic rings. The number of hydrogen-bond acceptors (Lipinski definition) is 3. The van der Waals surface area contributed by atoms with Crippen molar-refractivity contribution in [3.8, 4) is 0 Å². The summed E-state index contributed by atoms with van der Waals surface area (Å²) in [4.78, 5) is 2.55. The third-order valence-corrected chi connectivity index (χ3v) is 8.75. The van der Waals surface area contributed by atoms with Crippen molar-refractivity contribution in [1.82, 2.24) is 9.21 Å². The van der Waals surface area contributed by atoms with Gasteiger partial charge in [-0.3, -0.25) is 4.90 Å². The highest BCUT2D eigenvalue weighted by molar-refractivity contribution is 7.89. The molecule has 0 aliphatic carbocycles. The monoisotopic (exact) mass is 416 g/mol. The van der Waals surface area contributed by atoms with Crippen LogP contribution in [-0.4, -0.2) is 54.9 Å². The fourth-order valence-electron chi connectivity index (χ4n) is 5.07. The highest BCUT2D eigenvalue weighted by Gasteiger charge is 2.45. The van der Waals surface area contributed by atoms with Gasteiger partial charge in [0.05, 0.1) is 5.75 Å². The second-order valence-electron chi connectivity index (χ2n) is 7.78. The average Bonchev–Trinajstić information content (AvgIpc) is 2.64. The molecular formula is C19H26Cl2N2O2S. The van der Waals surface area contributed by atoms with Crippen LogP contribution in [0.1, 0.15) is 42.9 Å². The SMILES string of the molecule is O=S(=O)(CCCCl)N1CCC[C@@H]2CN3CCc4ccc(Cl)cc4[C@@H]3C[C@@H]21. The zero-order chi connectivity index (χ0) is 18.3. The van der Waals surface area contributed by atoms with Gasteiger partial charge in [0.1, 0.15) is 0 Å². The van der Waals surface area contributed by atoms with Crippen LogP contribution >= 0.6 is 23.2 Å². The fraction of sp³-hybridized carbons (Fsp3) is 0.684. The summed E-state index contributed by atoms with van der Waals surface area (Å²) in [6.07, 6.45) is 4.53. The number of halogens is 2. The smallest absolute Gasteiger partial charge is 0.214 e. The van der Waals surface area contributed by atoms with Gasteiger partial charge in [-0.1, -0.05) is 17.7 Å². The van der Waals surface area contributed by atoms with E-state index in [2.05, 4.69) is 17.0 Å². The largest absolute Gasteiger partial charge is 0.296 e. The second kappa shape index (κ2) is 7.59. The highest BCUT2D eigenvalue weighted by Crippen LogP contribution is 2.44. The van der Waals surface area contributed by atoms with Gasteiger partial charge in [0, 0.05) is 42.6 Å². The summed E-state index contributed by atoms with van der Waals surface area (Å²) in [5, 5.41) is 0.767. The molecule has 0 unspecified atom stereocenters. The first-order valence-electron chi connectivity index (χ1n) is 9.57. The molecule has 0 bridgehead atoms. The summed E-state index contributed by atoms with van der Waals surface area (Å²) in [5.41, 5.74) is 2.66. The molecule has 3 aliphatic heterocycles. The molecule has 144 valence electrons. The molecule has 0 radical (unpaired) electrons. The number of rotatable bonds is 4. The molecule has 3 atom stereocenters. The van der Waals surface area contributed by atoms with Crippen LogP contribution in [0.3, 0.4) is 0 Å². The van der Waals surface area contributed by atoms with Gasteiger partial charge in [-0.2, -0.15) is 4.31 Å². The van der Waals surface area contributed by atoms with Crippen molar-refractivity contribution in [3.05, 3.63) is 34.3 Å². The highest BCUT2D eigenvalue weighted by atomic mass is 35.5. The van der Waals surface area contributed by atoms with Crippen LogP contribution in [0.4, 0.5) is 0 Å². The van der Waals surface area contributed by atoms with Crippen LogP contribution in [0, 0.1) is 5.92 Å². The lowest BCUT2D eigenvalue weighted by Crippen LogP contribution is -2.57. The normalized spacial score (nSPS) is 29.7. The molecule has 0 N–H and O–H groups in total. The Labute approximate surface area is 166 Å². The Morgan fingerprint density at radius 1 is 1.23 bits per heavy atom. The van der Waals surface area contributed by atoms with Crippen LogP contribution in [0.5, 0.6) is 0 Å². The van der Waals surface area contributed by atoms with E-state index in [4.69, 9.17) is 23.2 Å². The Balaban J connectivity index is 1.62. The van der Waals surface area contributed by atoms with Crippen LogP contribution in [0.15, 0.2) is 18.2 Å². The molecule has 3 heterocycles. The molecule has 0 amide bonds. The predicted molar refractivity (Wildman–Crippen MR) is 106 cm³/mol. The van der Waals surface area contributed by atoms with Crippen molar-refractivity contribution in [1.29, 1.82) is 0 Å². The minimum atomic E-state index is -3.23. The van der Waals surface area contributed by atoms with E-state index in [1.807, 2.05) is 10.4 Å². The summed E-state index contributed by atoms with van der Waals surface area (Å²) in [7, 11) is -3.23. The zero-order valence-corrected chi connectivity index (χ0v) is 17.2. The van der Waals surface area contributed by atoms with Crippen LogP contribution in [0.25, 0.3) is 0 Å². The molecule has 2 saturated heterocycles. The molecule has 26 heavy (non-hydrogen) atoms. The summed E-state index contributed by atoms with van der Waals surface area (Å²) in [5.74, 6) is 0.992. The third kappa shape index (κ3) is 3.53. The molecule has 0 saturated carbocycles. The predicted octanol–water partition coefficient (Wildman–Crippen LogP) is 3.68. The first-order valence-corrected chi connectivity index (χ1v) is 12.1. The van der Waals surface area contributed by atoms with E-state index in [0.717, 1.165) is 43.8 Å². The lowest BCUT2D eigenvalue weighted by Gasteiger charge is -2.51.